The molecule has 118 valence electrons. The van der Waals surface area contributed by atoms with E-state index in [1.807, 2.05) is 12.2 Å². The number of hydrogen-bond donors (Lipinski definition) is 0. The first kappa shape index (κ1) is 14.6. The number of rotatable bonds is 2. The van der Waals surface area contributed by atoms with E-state index in [-0.39, 0.29) is 46.9 Å². The van der Waals surface area contributed by atoms with Crippen LogP contribution in [0.5, 0.6) is 0 Å². The summed E-state index contributed by atoms with van der Waals surface area (Å²) in [5.74, 6) is -1.19. The Morgan fingerprint density at radius 3 is 2.13 bits per heavy atom. The van der Waals surface area contributed by atoms with Crippen LogP contribution in [0.2, 0.25) is 0 Å². The molecule has 0 unspecified atom stereocenters. The van der Waals surface area contributed by atoms with Crippen LogP contribution in [0.1, 0.15) is 12.8 Å². The van der Waals surface area contributed by atoms with E-state index in [1.54, 1.807) is 6.07 Å². The molecule has 3 aliphatic carbocycles. The molecule has 0 spiro atoms. The fourth-order valence-corrected chi connectivity index (χ4v) is 4.49. The van der Waals surface area contributed by atoms with Crippen molar-refractivity contribution in [1.82, 2.24) is 0 Å². The fraction of sp³-hybridized carbons (Fsp3) is 0.375. The number of nitrogens with zero attached hydrogens (tertiary/aromatic N) is 2. The molecule has 23 heavy (non-hydrogen) atoms. The molecule has 1 saturated carbocycles. The predicted molar refractivity (Wildman–Crippen MR) is 85.6 cm³/mol. The van der Waals surface area contributed by atoms with Crippen LogP contribution in [0, 0.1) is 33.8 Å². The average Bonchev–Trinajstić information content (AvgIpc) is 2.82. The van der Waals surface area contributed by atoms with E-state index in [1.165, 1.54) is 12.1 Å². The Bertz CT molecular complexity index is 743. The fourth-order valence-electron chi connectivity index (χ4n) is 4.14. The summed E-state index contributed by atoms with van der Waals surface area (Å²) in [7, 11) is 0. The van der Waals surface area contributed by atoms with Crippen molar-refractivity contribution in [2.45, 2.75) is 12.8 Å². The topological polar surface area (TPSA) is 80.5 Å². The van der Waals surface area contributed by atoms with Gasteiger partial charge in [-0.2, -0.15) is 0 Å². The molecular formula is C16H13BrN2O4. The van der Waals surface area contributed by atoms with Gasteiger partial charge < -0.3 is 0 Å². The highest BCUT2D eigenvalue weighted by Crippen LogP contribution is 2.51. The first-order chi connectivity index (χ1) is 11.0. The van der Waals surface area contributed by atoms with Gasteiger partial charge in [-0.15, -0.1) is 0 Å². The van der Waals surface area contributed by atoms with Gasteiger partial charge in [0.05, 0.1) is 16.8 Å². The predicted octanol–water partition coefficient (Wildman–Crippen LogP) is 3.06. The normalized spacial score (nSPS) is 31.6. The number of nitro groups is 1. The van der Waals surface area contributed by atoms with Gasteiger partial charge in [-0.25, -0.2) is 4.90 Å². The van der Waals surface area contributed by atoms with E-state index in [2.05, 4.69) is 15.9 Å². The summed E-state index contributed by atoms with van der Waals surface area (Å²) in [6, 6.07) is 4.40. The van der Waals surface area contributed by atoms with Gasteiger partial charge in [0.15, 0.2) is 0 Å². The number of allylic oxidation sites excluding steroid dienone is 2. The van der Waals surface area contributed by atoms with Crippen LogP contribution in [0.3, 0.4) is 0 Å². The van der Waals surface area contributed by atoms with Crippen LogP contribution in [0.4, 0.5) is 11.4 Å². The number of halogens is 1. The number of carbonyl (C=O) groups excluding carboxylic acids is 2. The lowest BCUT2D eigenvalue weighted by atomic mass is 9.63. The highest BCUT2D eigenvalue weighted by atomic mass is 79.9. The lowest BCUT2D eigenvalue weighted by molar-refractivity contribution is -0.384. The van der Waals surface area contributed by atoms with E-state index in [0.717, 1.165) is 17.7 Å². The number of imide groups is 1. The number of hydrogen-bond acceptors (Lipinski definition) is 4. The summed E-state index contributed by atoms with van der Waals surface area (Å²) in [6.45, 7) is 0. The van der Waals surface area contributed by atoms with E-state index >= 15 is 0 Å². The molecule has 2 fully saturated rings. The molecule has 1 saturated heterocycles. The molecule has 1 aromatic carbocycles. The Balaban J connectivity index is 1.81. The maximum atomic E-state index is 12.8. The smallest absolute Gasteiger partial charge is 0.274 e. The zero-order valence-electron chi connectivity index (χ0n) is 12.0. The third kappa shape index (κ3) is 1.99. The maximum absolute atomic E-state index is 12.8. The van der Waals surface area contributed by atoms with Crippen molar-refractivity contribution >= 4 is 39.1 Å². The molecule has 0 aromatic heterocycles. The molecule has 1 aliphatic heterocycles. The van der Waals surface area contributed by atoms with Gasteiger partial charge in [0.25, 0.3) is 5.69 Å². The first-order valence-electron chi connectivity index (χ1n) is 7.49. The summed E-state index contributed by atoms with van der Waals surface area (Å²) < 4.78 is 0.534. The summed E-state index contributed by atoms with van der Waals surface area (Å²) in [5, 5.41) is 11.3. The number of fused-ring (bicyclic) bond motifs is 1. The molecule has 2 amide bonds. The molecule has 6 nitrogen and oxygen atoms in total. The molecule has 0 N–H and O–H groups in total. The van der Waals surface area contributed by atoms with Gasteiger partial charge in [0.2, 0.25) is 11.8 Å². The third-order valence-corrected chi connectivity index (χ3v) is 5.63. The SMILES string of the molecule is O=C1[C@@H]2[C@@H](C(=O)N1c1ccc(Br)cc1[N+](=O)[O-])[C@H]1C=C[C@H]2CC1. The van der Waals surface area contributed by atoms with Crippen LogP contribution in [0.25, 0.3) is 0 Å². The van der Waals surface area contributed by atoms with Gasteiger partial charge >= 0.3 is 0 Å². The van der Waals surface area contributed by atoms with Gasteiger partial charge in [-0.3, -0.25) is 19.7 Å². The van der Waals surface area contributed by atoms with Gasteiger partial charge in [-0.05, 0) is 36.8 Å². The van der Waals surface area contributed by atoms with Crippen LogP contribution in [-0.2, 0) is 9.59 Å². The van der Waals surface area contributed by atoms with Crippen molar-refractivity contribution < 1.29 is 14.5 Å². The summed E-state index contributed by atoms with van der Waals surface area (Å²) >= 11 is 3.19. The highest BCUT2D eigenvalue weighted by molar-refractivity contribution is 9.10. The van der Waals surface area contributed by atoms with Gasteiger partial charge in [0, 0.05) is 10.5 Å². The second-order valence-electron chi connectivity index (χ2n) is 6.24. The van der Waals surface area contributed by atoms with Crippen molar-refractivity contribution in [3.8, 4) is 0 Å². The molecule has 1 heterocycles. The van der Waals surface area contributed by atoms with Crippen LogP contribution in [-0.4, -0.2) is 16.7 Å². The molecular weight excluding hydrogens is 364 g/mol. The minimum absolute atomic E-state index is 0.0703. The quantitative estimate of drug-likeness (QED) is 0.343. The van der Waals surface area contributed by atoms with E-state index in [0.29, 0.717) is 4.47 Å². The minimum atomic E-state index is -0.560. The lowest BCUT2D eigenvalue weighted by Gasteiger charge is -2.38. The summed E-state index contributed by atoms with van der Waals surface area (Å²) in [5.41, 5.74) is -0.165. The lowest BCUT2D eigenvalue weighted by Crippen LogP contribution is -2.38. The molecule has 1 aromatic rings. The van der Waals surface area contributed by atoms with Crippen molar-refractivity contribution in [3.63, 3.8) is 0 Å². The Hall–Kier alpha value is -2.02. The molecule has 4 atom stereocenters. The molecule has 0 radical (unpaired) electrons. The van der Waals surface area contributed by atoms with E-state index in [9.17, 15) is 19.7 Å². The third-order valence-electron chi connectivity index (χ3n) is 5.13. The van der Waals surface area contributed by atoms with Crippen LogP contribution < -0.4 is 4.90 Å². The molecule has 5 rings (SSSR count). The van der Waals surface area contributed by atoms with Gasteiger partial charge in [0.1, 0.15) is 5.69 Å². The molecule has 2 bridgehead atoms. The Morgan fingerprint density at radius 1 is 1.09 bits per heavy atom. The molecule has 7 heteroatoms. The number of nitro benzene ring substituents is 1. The van der Waals surface area contributed by atoms with Crippen LogP contribution in [0.15, 0.2) is 34.8 Å². The summed E-state index contributed by atoms with van der Waals surface area (Å²) in [6.07, 6.45) is 5.86. The Kier molecular flexibility index (Phi) is 3.16. The number of amides is 2. The van der Waals surface area contributed by atoms with Crippen LogP contribution >= 0.6 is 15.9 Å². The van der Waals surface area contributed by atoms with Crippen molar-refractivity contribution in [2.24, 2.45) is 23.7 Å². The zero-order valence-corrected chi connectivity index (χ0v) is 13.6. The van der Waals surface area contributed by atoms with E-state index < -0.39 is 4.92 Å². The van der Waals surface area contributed by atoms with Crippen molar-refractivity contribution in [1.29, 1.82) is 0 Å². The zero-order chi connectivity index (χ0) is 16.3. The van der Waals surface area contributed by atoms with Crippen molar-refractivity contribution in [2.75, 3.05) is 4.90 Å². The average molecular weight is 377 g/mol. The Morgan fingerprint density at radius 2 is 1.65 bits per heavy atom. The monoisotopic (exact) mass is 376 g/mol. The second-order valence-corrected chi connectivity index (χ2v) is 7.16. The second kappa shape index (κ2) is 4.99. The van der Waals surface area contributed by atoms with Crippen molar-refractivity contribution in [3.05, 3.63) is 44.9 Å². The highest BCUT2D eigenvalue weighted by Gasteiger charge is 2.57. The number of carbonyl (C=O) groups is 2. The number of anilines is 1. The largest absolute Gasteiger partial charge is 0.294 e. The minimum Gasteiger partial charge on any atom is -0.274 e. The van der Waals surface area contributed by atoms with Gasteiger partial charge in [-0.1, -0.05) is 28.1 Å². The maximum Gasteiger partial charge on any atom is 0.294 e. The first-order valence-corrected chi connectivity index (χ1v) is 8.28. The number of benzene rings is 1. The standard InChI is InChI=1S/C16H13BrN2O4/c17-10-5-6-11(12(7-10)19(22)23)18-15(20)13-8-1-2-9(4-3-8)14(13)16(18)21/h1-2,5-9,13-14H,3-4H2/t8-,9-,13-,14-/m0/s1. The summed E-state index contributed by atoms with van der Waals surface area (Å²) in [4.78, 5) is 37.5. The Labute approximate surface area is 140 Å². The molecule has 4 aliphatic rings. The van der Waals surface area contributed by atoms with E-state index in [4.69, 9.17) is 0 Å².